The normalized spacial score (nSPS) is 12.9. The van der Waals surface area contributed by atoms with Gasteiger partial charge < -0.3 is 11.1 Å². The van der Waals surface area contributed by atoms with Crippen LogP contribution in [0, 0.1) is 5.82 Å². The minimum Gasteiger partial charge on any atom is -0.329 e. The summed E-state index contributed by atoms with van der Waals surface area (Å²) in [4.78, 5) is 0. The lowest BCUT2D eigenvalue weighted by molar-refractivity contribution is 0.551. The minimum absolute atomic E-state index is 0.00470. The van der Waals surface area contributed by atoms with E-state index in [0.29, 0.717) is 6.54 Å². The van der Waals surface area contributed by atoms with Crippen molar-refractivity contribution >= 4 is 15.9 Å². The molecule has 0 saturated carbocycles. The van der Waals surface area contributed by atoms with E-state index < -0.39 is 0 Å². The molecule has 0 saturated heterocycles. The van der Waals surface area contributed by atoms with Gasteiger partial charge in [-0.2, -0.15) is 0 Å². The van der Waals surface area contributed by atoms with E-state index in [1.165, 1.54) is 12.1 Å². The summed E-state index contributed by atoms with van der Waals surface area (Å²) in [5, 5.41) is 3.19. The fraction of sp³-hybridized carbons (Fsp3) is 0.400. The van der Waals surface area contributed by atoms with E-state index >= 15 is 0 Å². The SMILES string of the molecule is CCNC(CN)c1cc(F)ccc1Br. The van der Waals surface area contributed by atoms with E-state index in [1.54, 1.807) is 6.07 Å². The molecule has 0 amide bonds. The molecule has 0 heterocycles. The highest BCUT2D eigenvalue weighted by molar-refractivity contribution is 9.10. The molecule has 1 aromatic rings. The zero-order valence-corrected chi connectivity index (χ0v) is 9.64. The number of halogens is 2. The zero-order valence-electron chi connectivity index (χ0n) is 8.06. The smallest absolute Gasteiger partial charge is 0.123 e. The van der Waals surface area contributed by atoms with Crippen molar-refractivity contribution < 1.29 is 4.39 Å². The van der Waals surface area contributed by atoms with Crippen LogP contribution in [0.1, 0.15) is 18.5 Å². The fourth-order valence-electron chi connectivity index (χ4n) is 1.35. The summed E-state index contributed by atoms with van der Waals surface area (Å²) < 4.78 is 13.9. The van der Waals surface area contributed by atoms with Gasteiger partial charge in [-0.25, -0.2) is 4.39 Å². The fourth-order valence-corrected chi connectivity index (χ4v) is 1.87. The van der Waals surface area contributed by atoms with Gasteiger partial charge >= 0.3 is 0 Å². The molecule has 2 nitrogen and oxygen atoms in total. The molecule has 14 heavy (non-hydrogen) atoms. The Morgan fingerprint density at radius 1 is 1.57 bits per heavy atom. The third-order valence-corrected chi connectivity index (χ3v) is 2.74. The lowest BCUT2D eigenvalue weighted by Crippen LogP contribution is -2.28. The van der Waals surface area contributed by atoms with Gasteiger partial charge in [-0.15, -0.1) is 0 Å². The first-order chi connectivity index (χ1) is 6.69. The van der Waals surface area contributed by atoms with Crippen molar-refractivity contribution in [3.63, 3.8) is 0 Å². The van der Waals surface area contributed by atoms with Crippen LogP contribution < -0.4 is 11.1 Å². The van der Waals surface area contributed by atoms with Gasteiger partial charge in [-0.05, 0) is 30.3 Å². The number of nitrogens with one attached hydrogen (secondary N) is 1. The van der Waals surface area contributed by atoms with Crippen LogP contribution in [0.15, 0.2) is 22.7 Å². The summed E-state index contributed by atoms with van der Waals surface area (Å²) in [6, 6.07) is 4.63. The molecular formula is C10H14BrFN2. The molecule has 0 aliphatic rings. The second kappa shape index (κ2) is 5.44. The summed E-state index contributed by atoms with van der Waals surface area (Å²) in [5.41, 5.74) is 6.47. The quantitative estimate of drug-likeness (QED) is 0.872. The van der Waals surface area contributed by atoms with Gasteiger partial charge in [0.25, 0.3) is 0 Å². The molecule has 1 atom stereocenters. The van der Waals surface area contributed by atoms with Crippen molar-refractivity contribution in [2.75, 3.05) is 13.1 Å². The van der Waals surface area contributed by atoms with Gasteiger partial charge in [0, 0.05) is 17.1 Å². The van der Waals surface area contributed by atoms with Crippen LogP contribution >= 0.6 is 15.9 Å². The zero-order chi connectivity index (χ0) is 10.6. The van der Waals surface area contributed by atoms with Gasteiger partial charge in [0.05, 0.1) is 0 Å². The number of hydrogen-bond acceptors (Lipinski definition) is 2. The largest absolute Gasteiger partial charge is 0.329 e. The highest BCUT2D eigenvalue weighted by Crippen LogP contribution is 2.23. The topological polar surface area (TPSA) is 38.0 Å². The predicted molar refractivity (Wildman–Crippen MR) is 59.6 cm³/mol. The summed E-state index contributed by atoms with van der Waals surface area (Å²) in [5.74, 6) is -0.237. The van der Waals surface area contributed by atoms with Crippen molar-refractivity contribution in [3.8, 4) is 0 Å². The summed E-state index contributed by atoms with van der Waals surface area (Å²) in [6.45, 7) is 3.26. The lowest BCUT2D eigenvalue weighted by atomic mass is 10.1. The van der Waals surface area contributed by atoms with Crippen LogP contribution in [-0.2, 0) is 0 Å². The Morgan fingerprint density at radius 2 is 2.29 bits per heavy atom. The Labute approximate surface area is 91.8 Å². The van der Waals surface area contributed by atoms with Crippen molar-refractivity contribution in [3.05, 3.63) is 34.1 Å². The first kappa shape index (κ1) is 11.6. The Bertz CT molecular complexity index is 304. The molecule has 3 N–H and O–H groups in total. The summed E-state index contributed by atoms with van der Waals surface area (Å²) in [6.07, 6.45) is 0. The third kappa shape index (κ3) is 2.77. The van der Waals surface area contributed by atoms with Crippen LogP contribution in [0.2, 0.25) is 0 Å². The molecule has 78 valence electrons. The van der Waals surface area contributed by atoms with Crippen molar-refractivity contribution in [2.24, 2.45) is 5.73 Å². The van der Waals surface area contributed by atoms with Gasteiger partial charge in [-0.1, -0.05) is 22.9 Å². The van der Waals surface area contributed by atoms with Crippen LogP contribution in [0.25, 0.3) is 0 Å². The molecule has 0 radical (unpaired) electrons. The maximum absolute atomic E-state index is 13.0. The molecule has 0 aliphatic carbocycles. The number of benzene rings is 1. The van der Waals surface area contributed by atoms with Crippen LogP contribution in [0.5, 0.6) is 0 Å². The van der Waals surface area contributed by atoms with E-state index in [1.807, 2.05) is 6.92 Å². The maximum Gasteiger partial charge on any atom is 0.123 e. The highest BCUT2D eigenvalue weighted by Gasteiger charge is 2.12. The number of likely N-dealkylation sites (N-methyl/N-ethyl adjacent to an activating group) is 1. The number of hydrogen-bond donors (Lipinski definition) is 2. The van der Waals surface area contributed by atoms with E-state index in [-0.39, 0.29) is 11.9 Å². The molecule has 0 aliphatic heterocycles. The summed E-state index contributed by atoms with van der Waals surface area (Å²) in [7, 11) is 0. The Balaban J connectivity index is 2.96. The minimum atomic E-state index is -0.237. The number of nitrogens with two attached hydrogens (primary N) is 1. The molecule has 1 aromatic carbocycles. The Kier molecular flexibility index (Phi) is 4.51. The van der Waals surface area contributed by atoms with Gasteiger partial charge in [-0.3, -0.25) is 0 Å². The van der Waals surface area contributed by atoms with Crippen LogP contribution in [0.3, 0.4) is 0 Å². The molecule has 0 spiro atoms. The third-order valence-electron chi connectivity index (χ3n) is 2.02. The molecule has 0 bridgehead atoms. The first-order valence-corrected chi connectivity index (χ1v) is 5.36. The van der Waals surface area contributed by atoms with E-state index in [0.717, 1.165) is 16.6 Å². The van der Waals surface area contributed by atoms with E-state index in [9.17, 15) is 4.39 Å². The maximum atomic E-state index is 13.0. The second-order valence-electron chi connectivity index (χ2n) is 3.01. The van der Waals surface area contributed by atoms with E-state index in [4.69, 9.17) is 5.73 Å². The molecule has 1 unspecified atom stereocenters. The van der Waals surface area contributed by atoms with E-state index in [2.05, 4.69) is 21.2 Å². The van der Waals surface area contributed by atoms with Crippen molar-refractivity contribution in [2.45, 2.75) is 13.0 Å². The molecule has 0 aromatic heterocycles. The van der Waals surface area contributed by atoms with Gasteiger partial charge in [0.2, 0.25) is 0 Å². The van der Waals surface area contributed by atoms with Gasteiger partial charge in [0.1, 0.15) is 5.82 Å². The molecule has 0 fully saturated rings. The molecule has 4 heteroatoms. The Morgan fingerprint density at radius 3 is 2.86 bits per heavy atom. The first-order valence-electron chi connectivity index (χ1n) is 4.57. The monoisotopic (exact) mass is 260 g/mol. The molecular weight excluding hydrogens is 247 g/mol. The van der Waals surface area contributed by atoms with Crippen molar-refractivity contribution in [1.82, 2.24) is 5.32 Å². The van der Waals surface area contributed by atoms with Crippen molar-refractivity contribution in [1.29, 1.82) is 0 Å². The highest BCUT2D eigenvalue weighted by atomic mass is 79.9. The summed E-state index contributed by atoms with van der Waals surface area (Å²) >= 11 is 3.38. The van der Waals surface area contributed by atoms with Gasteiger partial charge in [0.15, 0.2) is 0 Å². The Hall–Kier alpha value is -0.450. The number of rotatable bonds is 4. The van der Waals surface area contributed by atoms with Crippen LogP contribution in [-0.4, -0.2) is 13.1 Å². The predicted octanol–water partition coefficient (Wildman–Crippen LogP) is 2.20. The standard InChI is InChI=1S/C10H14BrFN2/c1-2-14-10(6-13)8-5-7(12)3-4-9(8)11/h3-5,10,14H,2,6,13H2,1H3. The average molecular weight is 261 g/mol. The molecule has 1 rings (SSSR count). The van der Waals surface area contributed by atoms with Crippen LogP contribution in [0.4, 0.5) is 4.39 Å². The average Bonchev–Trinajstić information content (AvgIpc) is 2.18. The second-order valence-corrected chi connectivity index (χ2v) is 3.87. The lowest BCUT2D eigenvalue weighted by Gasteiger charge is -2.17.